The molecule has 2 aromatic rings. The Labute approximate surface area is 119 Å². The molecule has 102 valence electrons. The van der Waals surface area contributed by atoms with Crippen molar-refractivity contribution in [1.29, 1.82) is 0 Å². The van der Waals surface area contributed by atoms with E-state index in [0.717, 1.165) is 23.4 Å². The molecule has 1 heterocycles. The summed E-state index contributed by atoms with van der Waals surface area (Å²) in [5.74, 6) is 1.08. The van der Waals surface area contributed by atoms with Crippen molar-refractivity contribution < 1.29 is 0 Å². The third kappa shape index (κ3) is 3.19. The number of hydrogen-bond acceptors (Lipinski definition) is 3. The second-order valence-electron chi connectivity index (χ2n) is 4.63. The molecule has 0 fully saturated rings. The number of hydrogen-bond donors (Lipinski definition) is 1. The molecule has 0 amide bonds. The standard InChI is InChI=1S/C15H21N3S/c1-3-13(10-19-2)18-11-17-9-14(18)15(16)12-7-5-4-6-8-12/h4-9,11,13,15H,3,10,16H2,1-2H3. The van der Waals surface area contributed by atoms with E-state index in [1.807, 2.05) is 42.5 Å². The van der Waals surface area contributed by atoms with Gasteiger partial charge in [0.05, 0.1) is 24.3 Å². The van der Waals surface area contributed by atoms with E-state index >= 15 is 0 Å². The highest BCUT2D eigenvalue weighted by molar-refractivity contribution is 7.98. The molecule has 0 saturated carbocycles. The summed E-state index contributed by atoms with van der Waals surface area (Å²) in [7, 11) is 0. The second-order valence-corrected chi connectivity index (χ2v) is 5.54. The average molecular weight is 275 g/mol. The lowest BCUT2D eigenvalue weighted by atomic mass is 10.0. The SMILES string of the molecule is CCC(CSC)n1cncc1C(N)c1ccccc1. The van der Waals surface area contributed by atoms with Crippen LogP contribution in [0.25, 0.3) is 0 Å². The first-order valence-corrected chi connectivity index (χ1v) is 7.98. The Kier molecular flexibility index (Phi) is 5.05. The molecule has 2 unspecified atom stereocenters. The molecule has 4 heteroatoms. The normalized spacial score (nSPS) is 14.3. The van der Waals surface area contributed by atoms with Gasteiger partial charge in [-0.05, 0) is 18.2 Å². The van der Waals surface area contributed by atoms with E-state index in [1.165, 1.54) is 0 Å². The number of nitrogens with zero attached hydrogens (tertiary/aromatic N) is 2. The summed E-state index contributed by atoms with van der Waals surface area (Å²) < 4.78 is 2.23. The molecule has 0 aliphatic heterocycles. The van der Waals surface area contributed by atoms with Crippen molar-refractivity contribution in [2.45, 2.75) is 25.4 Å². The fraction of sp³-hybridized carbons (Fsp3) is 0.400. The van der Waals surface area contributed by atoms with Crippen LogP contribution in [0.3, 0.4) is 0 Å². The second kappa shape index (κ2) is 6.78. The zero-order valence-electron chi connectivity index (χ0n) is 11.5. The molecular formula is C15H21N3S. The number of aromatic nitrogens is 2. The van der Waals surface area contributed by atoms with Crippen molar-refractivity contribution in [1.82, 2.24) is 9.55 Å². The van der Waals surface area contributed by atoms with Crippen LogP contribution in [-0.4, -0.2) is 21.6 Å². The summed E-state index contributed by atoms with van der Waals surface area (Å²) in [5, 5.41) is 0. The highest BCUT2D eigenvalue weighted by Crippen LogP contribution is 2.24. The smallest absolute Gasteiger partial charge is 0.0951 e. The summed E-state index contributed by atoms with van der Waals surface area (Å²) in [6, 6.07) is 10.5. The molecule has 3 nitrogen and oxygen atoms in total. The summed E-state index contributed by atoms with van der Waals surface area (Å²) in [5.41, 5.74) is 8.60. The fourth-order valence-corrected chi connectivity index (χ4v) is 3.06. The Morgan fingerprint density at radius 2 is 2.05 bits per heavy atom. The molecule has 2 atom stereocenters. The predicted molar refractivity (Wildman–Crippen MR) is 82.4 cm³/mol. The van der Waals surface area contributed by atoms with Gasteiger partial charge in [0, 0.05) is 11.8 Å². The van der Waals surface area contributed by atoms with Gasteiger partial charge < -0.3 is 10.3 Å². The molecule has 0 spiro atoms. The van der Waals surface area contributed by atoms with Crippen molar-refractivity contribution in [2.24, 2.45) is 5.73 Å². The van der Waals surface area contributed by atoms with E-state index in [2.05, 4.69) is 34.9 Å². The molecule has 19 heavy (non-hydrogen) atoms. The van der Waals surface area contributed by atoms with Crippen LogP contribution in [0, 0.1) is 0 Å². The maximum Gasteiger partial charge on any atom is 0.0951 e. The third-order valence-corrected chi connectivity index (χ3v) is 4.12. The molecule has 0 aliphatic rings. The van der Waals surface area contributed by atoms with Gasteiger partial charge in [-0.3, -0.25) is 0 Å². The number of nitrogens with two attached hydrogens (primary N) is 1. The molecule has 1 aromatic carbocycles. The predicted octanol–water partition coefficient (Wildman–Crippen LogP) is 3.25. The zero-order valence-corrected chi connectivity index (χ0v) is 12.3. The summed E-state index contributed by atoms with van der Waals surface area (Å²) in [6.45, 7) is 2.21. The monoisotopic (exact) mass is 275 g/mol. The first-order valence-electron chi connectivity index (χ1n) is 6.59. The Balaban J connectivity index is 2.28. The summed E-state index contributed by atoms with van der Waals surface area (Å²) in [4.78, 5) is 4.29. The molecule has 1 aromatic heterocycles. The first-order chi connectivity index (χ1) is 9.27. The van der Waals surface area contributed by atoms with E-state index in [9.17, 15) is 0 Å². The minimum absolute atomic E-state index is 0.111. The highest BCUT2D eigenvalue weighted by Gasteiger charge is 2.18. The minimum atomic E-state index is -0.111. The topological polar surface area (TPSA) is 43.8 Å². The Morgan fingerprint density at radius 3 is 2.68 bits per heavy atom. The van der Waals surface area contributed by atoms with Gasteiger partial charge in [0.25, 0.3) is 0 Å². The van der Waals surface area contributed by atoms with Gasteiger partial charge >= 0.3 is 0 Å². The quantitative estimate of drug-likeness (QED) is 0.880. The number of benzene rings is 1. The van der Waals surface area contributed by atoms with Gasteiger partial charge in [0.2, 0.25) is 0 Å². The van der Waals surface area contributed by atoms with Crippen molar-refractivity contribution in [3.63, 3.8) is 0 Å². The maximum atomic E-state index is 6.38. The van der Waals surface area contributed by atoms with E-state index < -0.39 is 0 Å². The van der Waals surface area contributed by atoms with Crippen molar-refractivity contribution >= 4 is 11.8 Å². The fourth-order valence-electron chi connectivity index (χ4n) is 2.28. The van der Waals surface area contributed by atoms with Crippen molar-refractivity contribution in [3.8, 4) is 0 Å². The van der Waals surface area contributed by atoms with E-state index in [4.69, 9.17) is 5.73 Å². The zero-order chi connectivity index (χ0) is 13.7. The van der Waals surface area contributed by atoms with Crippen molar-refractivity contribution in [3.05, 3.63) is 54.1 Å². The third-order valence-electron chi connectivity index (χ3n) is 3.40. The van der Waals surface area contributed by atoms with E-state index in [1.54, 1.807) is 0 Å². The van der Waals surface area contributed by atoms with Crippen LogP contribution >= 0.6 is 11.8 Å². The molecule has 0 saturated heterocycles. The molecule has 2 rings (SSSR count). The maximum absolute atomic E-state index is 6.38. The number of imidazole rings is 1. The van der Waals surface area contributed by atoms with Crippen LogP contribution in [0.1, 0.15) is 36.7 Å². The van der Waals surface area contributed by atoms with Gasteiger partial charge in [0.1, 0.15) is 0 Å². The van der Waals surface area contributed by atoms with Gasteiger partial charge in [-0.25, -0.2) is 4.98 Å². The highest BCUT2D eigenvalue weighted by atomic mass is 32.2. The Bertz CT molecular complexity index is 495. The van der Waals surface area contributed by atoms with Crippen LogP contribution < -0.4 is 5.73 Å². The minimum Gasteiger partial charge on any atom is -0.329 e. The Morgan fingerprint density at radius 1 is 1.32 bits per heavy atom. The van der Waals surface area contributed by atoms with E-state index in [-0.39, 0.29) is 6.04 Å². The summed E-state index contributed by atoms with van der Waals surface area (Å²) >= 11 is 1.86. The summed E-state index contributed by atoms with van der Waals surface area (Å²) in [6.07, 6.45) is 7.02. The van der Waals surface area contributed by atoms with Crippen LogP contribution in [0.4, 0.5) is 0 Å². The van der Waals surface area contributed by atoms with Crippen LogP contribution in [-0.2, 0) is 0 Å². The largest absolute Gasteiger partial charge is 0.329 e. The molecule has 0 aliphatic carbocycles. The average Bonchev–Trinajstić information content (AvgIpc) is 2.94. The lowest BCUT2D eigenvalue weighted by molar-refractivity contribution is 0.511. The van der Waals surface area contributed by atoms with Gasteiger partial charge in [-0.15, -0.1) is 0 Å². The van der Waals surface area contributed by atoms with Crippen LogP contribution in [0.15, 0.2) is 42.9 Å². The lowest BCUT2D eigenvalue weighted by Crippen LogP contribution is -2.20. The Hall–Kier alpha value is -1.26. The van der Waals surface area contributed by atoms with Gasteiger partial charge in [0.15, 0.2) is 0 Å². The van der Waals surface area contributed by atoms with E-state index in [0.29, 0.717) is 6.04 Å². The van der Waals surface area contributed by atoms with Crippen molar-refractivity contribution in [2.75, 3.05) is 12.0 Å². The molecule has 0 radical (unpaired) electrons. The molecule has 2 N–H and O–H groups in total. The van der Waals surface area contributed by atoms with Crippen LogP contribution in [0.5, 0.6) is 0 Å². The lowest BCUT2D eigenvalue weighted by Gasteiger charge is -2.21. The van der Waals surface area contributed by atoms with Gasteiger partial charge in [-0.2, -0.15) is 11.8 Å². The van der Waals surface area contributed by atoms with Crippen LogP contribution in [0.2, 0.25) is 0 Å². The number of rotatable bonds is 6. The first kappa shape index (κ1) is 14.2. The number of thioether (sulfide) groups is 1. The van der Waals surface area contributed by atoms with Gasteiger partial charge in [-0.1, -0.05) is 37.3 Å². The molecule has 0 bridgehead atoms. The molecular weight excluding hydrogens is 254 g/mol.